The van der Waals surface area contributed by atoms with Gasteiger partial charge in [0.2, 0.25) is 0 Å². The highest BCUT2D eigenvalue weighted by Gasteiger charge is 2.09. The van der Waals surface area contributed by atoms with Gasteiger partial charge in [-0.1, -0.05) is 23.7 Å². The van der Waals surface area contributed by atoms with Gasteiger partial charge >= 0.3 is 6.09 Å². The van der Waals surface area contributed by atoms with Crippen LogP contribution in [0, 0.1) is 0 Å². The van der Waals surface area contributed by atoms with Gasteiger partial charge in [-0.15, -0.1) is 0 Å². The van der Waals surface area contributed by atoms with E-state index in [-0.39, 0.29) is 0 Å². The SMILES string of the molecule is O=C(Oc1ccccc1Cl)n1cccn1. The van der Waals surface area contributed by atoms with Crippen molar-refractivity contribution in [3.63, 3.8) is 0 Å². The number of benzene rings is 1. The summed E-state index contributed by atoms with van der Waals surface area (Å²) in [4.78, 5) is 11.4. The van der Waals surface area contributed by atoms with Crippen molar-refractivity contribution in [1.82, 2.24) is 9.78 Å². The van der Waals surface area contributed by atoms with Crippen LogP contribution < -0.4 is 4.74 Å². The number of aromatic nitrogens is 2. The van der Waals surface area contributed by atoms with Crippen LogP contribution in [0.2, 0.25) is 5.02 Å². The molecule has 0 aliphatic carbocycles. The molecule has 0 unspecified atom stereocenters. The lowest BCUT2D eigenvalue weighted by Crippen LogP contribution is -2.17. The maximum Gasteiger partial charge on any atom is 0.440 e. The van der Waals surface area contributed by atoms with Gasteiger partial charge in [0.15, 0.2) is 5.75 Å². The summed E-state index contributed by atoms with van der Waals surface area (Å²) < 4.78 is 6.11. The Balaban J connectivity index is 2.17. The molecule has 0 N–H and O–H groups in total. The second kappa shape index (κ2) is 4.14. The van der Waals surface area contributed by atoms with E-state index in [1.165, 1.54) is 12.4 Å². The van der Waals surface area contributed by atoms with E-state index in [4.69, 9.17) is 16.3 Å². The maximum atomic E-state index is 11.4. The standard InChI is InChI=1S/C10H7ClN2O2/c11-8-4-1-2-5-9(8)15-10(14)13-7-3-6-12-13/h1-7H. The van der Waals surface area contributed by atoms with Crippen molar-refractivity contribution in [3.05, 3.63) is 47.7 Å². The summed E-state index contributed by atoms with van der Waals surface area (Å²) in [6.45, 7) is 0. The number of rotatable bonds is 1. The molecule has 0 fully saturated rings. The minimum Gasteiger partial charge on any atom is -0.407 e. The Morgan fingerprint density at radius 1 is 1.33 bits per heavy atom. The van der Waals surface area contributed by atoms with E-state index in [0.717, 1.165) is 4.68 Å². The first kappa shape index (κ1) is 9.73. The molecule has 1 heterocycles. The molecule has 4 nitrogen and oxygen atoms in total. The van der Waals surface area contributed by atoms with Crippen LogP contribution in [0.3, 0.4) is 0 Å². The van der Waals surface area contributed by atoms with Crippen molar-refractivity contribution < 1.29 is 9.53 Å². The fourth-order valence-corrected chi connectivity index (χ4v) is 1.22. The van der Waals surface area contributed by atoms with E-state index in [1.807, 2.05) is 0 Å². The highest BCUT2D eigenvalue weighted by Crippen LogP contribution is 2.23. The third kappa shape index (κ3) is 2.16. The van der Waals surface area contributed by atoms with E-state index in [9.17, 15) is 4.79 Å². The van der Waals surface area contributed by atoms with Crippen LogP contribution in [-0.4, -0.2) is 15.9 Å². The quantitative estimate of drug-likeness (QED) is 0.745. The smallest absolute Gasteiger partial charge is 0.407 e. The van der Waals surface area contributed by atoms with Crippen LogP contribution in [0.5, 0.6) is 5.75 Å². The zero-order valence-electron chi connectivity index (χ0n) is 7.63. The predicted molar refractivity (Wildman–Crippen MR) is 55.1 cm³/mol. The van der Waals surface area contributed by atoms with E-state index in [0.29, 0.717) is 10.8 Å². The molecule has 2 aromatic rings. The highest BCUT2D eigenvalue weighted by molar-refractivity contribution is 6.32. The molecule has 2 rings (SSSR count). The molecule has 0 spiro atoms. The minimum absolute atomic E-state index is 0.319. The minimum atomic E-state index is -0.590. The zero-order valence-corrected chi connectivity index (χ0v) is 8.39. The van der Waals surface area contributed by atoms with E-state index in [1.54, 1.807) is 30.3 Å². The third-order valence-electron chi connectivity index (χ3n) is 1.73. The molecule has 0 atom stereocenters. The van der Waals surface area contributed by atoms with Crippen LogP contribution in [-0.2, 0) is 0 Å². The van der Waals surface area contributed by atoms with E-state index >= 15 is 0 Å². The molecule has 0 aliphatic heterocycles. The van der Waals surface area contributed by atoms with Crippen LogP contribution >= 0.6 is 11.6 Å². The van der Waals surface area contributed by atoms with Crippen molar-refractivity contribution in [2.45, 2.75) is 0 Å². The van der Waals surface area contributed by atoms with Gasteiger partial charge in [0, 0.05) is 12.4 Å². The highest BCUT2D eigenvalue weighted by atomic mass is 35.5. The number of hydrogen-bond acceptors (Lipinski definition) is 3. The van der Waals surface area contributed by atoms with Gasteiger partial charge in [-0.3, -0.25) is 0 Å². The summed E-state index contributed by atoms with van der Waals surface area (Å²) in [5.74, 6) is 0.319. The Kier molecular flexibility index (Phi) is 2.69. The molecular formula is C10H7ClN2O2. The molecule has 0 radical (unpaired) electrons. The lowest BCUT2D eigenvalue weighted by atomic mass is 10.3. The number of carbonyl (C=O) groups excluding carboxylic acids is 1. The zero-order chi connectivity index (χ0) is 10.7. The summed E-state index contributed by atoms with van der Waals surface area (Å²) in [6, 6.07) is 8.38. The number of halogens is 1. The van der Waals surface area contributed by atoms with Crippen LogP contribution in [0.25, 0.3) is 0 Å². The first-order chi connectivity index (χ1) is 7.27. The number of hydrogen-bond donors (Lipinski definition) is 0. The fraction of sp³-hybridized carbons (Fsp3) is 0. The summed E-state index contributed by atoms with van der Waals surface area (Å²) in [6.07, 6.45) is 2.40. The molecule has 1 aromatic carbocycles. The molecule has 0 bridgehead atoms. The Morgan fingerprint density at radius 2 is 2.13 bits per heavy atom. The summed E-state index contributed by atoms with van der Waals surface area (Å²) in [7, 11) is 0. The first-order valence-electron chi connectivity index (χ1n) is 4.24. The maximum absolute atomic E-state index is 11.4. The monoisotopic (exact) mass is 222 g/mol. The molecule has 0 saturated heterocycles. The van der Waals surface area contributed by atoms with Gasteiger partial charge in [0.25, 0.3) is 0 Å². The van der Waals surface area contributed by atoms with E-state index < -0.39 is 6.09 Å². The van der Waals surface area contributed by atoms with Crippen molar-refractivity contribution in [2.75, 3.05) is 0 Å². The van der Waals surface area contributed by atoms with Crippen molar-refractivity contribution >= 4 is 17.7 Å². The molecule has 15 heavy (non-hydrogen) atoms. The molecule has 0 amide bonds. The fourth-order valence-electron chi connectivity index (χ4n) is 1.05. The molecule has 0 saturated carbocycles. The van der Waals surface area contributed by atoms with Gasteiger partial charge in [-0.05, 0) is 18.2 Å². The number of para-hydroxylation sites is 1. The lowest BCUT2D eigenvalue weighted by Gasteiger charge is -2.04. The summed E-state index contributed by atoms with van der Waals surface area (Å²) in [5.41, 5.74) is 0. The average Bonchev–Trinajstić information content (AvgIpc) is 2.74. The molecule has 5 heteroatoms. The largest absolute Gasteiger partial charge is 0.440 e. The van der Waals surface area contributed by atoms with Gasteiger partial charge in [0.05, 0.1) is 5.02 Å². The van der Waals surface area contributed by atoms with E-state index in [2.05, 4.69) is 5.10 Å². The summed E-state index contributed by atoms with van der Waals surface area (Å²) in [5, 5.41) is 4.13. The van der Waals surface area contributed by atoms with Gasteiger partial charge in [-0.2, -0.15) is 9.78 Å². The number of ether oxygens (including phenoxy) is 1. The Bertz CT molecular complexity index is 468. The van der Waals surface area contributed by atoms with Crippen LogP contribution in [0.1, 0.15) is 0 Å². The van der Waals surface area contributed by atoms with Crippen molar-refractivity contribution in [3.8, 4) is 5.75 Å². The lowest BCUT2D eigenvalue weighted by molar-refractivity contribution is 0.199. The normalized spacial score (nSPS) is 9.93. The molecule has 0 aliphatic rings. The van der Waals surface area contributed by atoms with Gasteiger partial charge in [-0.25, -0.2) is 4.79 Å². The molecular weight excluding hydrogens is 216 g/mol. The molecule has 76 valence electrons. The molecule has 1 aromatic heterocycles. The predicted octanol–water partition coefficient (Wildman–Crippen LogP) is 2.58. The third-order valence-corrected chi connectivity index (χ3v) is 2.04. The van der Waals surface area contributed by atoms with Gasteiger partial charge < -0.3 is 4.74 Å². The van der Waals surface area contributed by atoms with Gasteiger partial charge in [0.1, 0.15) is 0 Å². The Morgan fingerprint density at radius 3 is 2.80 bits per heavy atom. The number of nitrogens with zero attached hydrogens (tertiary/aromatic N) is 2. The summed E-state index contributed by atoms with van der Waals surface area (Å²) >= 11 is 5.82. The topological polar surface area (TPSA) is 44.1 Å². The number of carbonyl (C=O) groups is 1. The first-order valence-corrected chi connectivity index (χ1v) is 4.61. The second-order valence-electron chi connectivity index (χ2n) is 2.75. The van der Waals surface area contributed by atoms with Crippen molar-refractivity contribution in [2.24, 2.45) is 0 Å². The van der Waals surface area contributed by atoms with Crippen LogP contribution in [0.15, 0.2) is 42.7 Å². The average molecular weight is 223 g/mol. The van der Waals surface area contributed by atoms with Crippen molar-refractivity contribution in [1.29, 1.82) is 0 Å². The van der Waals surface area contributed by atoms with Crippen LogP contribution in [0.4, 0.5) is 4.79 Å². The second-order valence-corrected chi connectivity index (χ2v) is 3.16. The Hall–Kier alpha value is -1.81. The Labute approximate surface area is 91.0 Å².